The standard InChI is InChI=1S/C10H12Cl2N2O2.ClH/c1-6(4-13)10(15)16-5-7-2-8(11)14-9(12)3-7;/h2-3,6H,4-5,13H2,1H3;1H/t6-;/m1./s1. The van der Waals surface area contributed by atoms with Crippen LogP contribution in [0.4, 0.5) is 0 Å². The Hall–Kier alpha value is -0.550. The first kappa shape index (κ1) is 16.4. The highest BCUT2D eigenvalue weighted by Gasteiger charge is 2.12. The smallest absolute Gasteiger partial charge is 0.310 e. The van der Waals surface area contributed by atoms with Crippen LogP contribution in [0.25, 0.3) is 0 Å². The number of ether oxygens (including phenoxy) is 1. The van der Waals surface area contributed by atoms with Crippen molar-refractivity contribution in [3.05, 3.63) is 28.0 Å². The zero-order valence-corrected chi connectivity index (χ0v) is 11.5. The van der Waals surface area contributed by atoms with Gasteiger partial charge in [-0.2, -0.15) is 0 Å². The van der Waals surface area contributed by atoms with Gasteiger partial charge in [-0.05, 0) is 17.7 Å². The van der Waals surface area contributed by atoms with E-state index in [1.54, 1.807) is 19.1 Å². The van der Waals surface area contributed by atoms with E-state index < -0.39 is 0 Å². The summed E-state index contributed by atoms with van der Waals surface area (Å²) in [6.45, 7) is 2.08. The summed E-state index contributed by atoms with van der Waals surface area (Å²) in [6, 6.07) is 3.18. The maximum atomic E-state index is 11.3. The third-order valence-electron chi connectivity index (χ3n) is 1.96. The summed E-state index contributed by atoms with van der Waals surface area (Å²) in [4.78, 5) is 15.1. The van der Waals surface area contributed by atoms with Crippen LogP contribution in [0.3, 0.4) is 0 Å². The van der Waals surface area contributed by atoms with Gasteiger partial charge in [0.25, 0.3) is 0 Å². The molecular weight excluding hydrogens is 286 g/mol. The van der Waals surface area contributed by atoms with Gasteiger partial charge in [0.2, 0.25) is 0 Å². The number of hydrogen-bond donors (Lipinski definition) is 1. The lowest BCUT2D eigenvalue weighted by Crippen LogP contribution is -2.22. The van der Waals surface area contributed by atoms with E-state index in [0.717, 1.165) is 0 Å². The zero-order valence-electron chi connectivity index (χ0n) is 9.15. The average Bonchev–Trinajstić information content (AvgIpc) is 2.23. The third-order valence-corrected chi connectivity index (χ3v) is 2.35. The number of pyridine rings is 1. The number of carbonyl (C=O) groups excluding carboxylic acids is 1. The quantitative estimate of drug-likeness (QED) is 0.685. The lowest BCUT2D eigenvalue weighted by Gasteiger charge is -2.09. The van der Waals surface area contributed by atoms with Gasteiger partial charge in [0.1, 0.15) is 16.9 Å². The minimum absolute atomic E-state index is 0. The van der Waals surface area contributed by atoms with Gasteiger partial charge in [0.05, 0.1) is 5.92 Å². The Morgan fingerprint density at radius 2 is 2.00 bits per heavy atom. The Bertz CT molecular complexity index is 368. The number of rotatable bonds is 4. The Kier molecular flexibility index (Phi) is 7.46. The zero-order chi connectivity index (χ0) is 12.1. The molecule has 0 aliphatic heterocycles. The van der Waals surface area contributed by atoms with E-state index in [1.807, 2.05) is 0 Å². The molecule has 0 spiro atoms. The van der Waals surface area contributed by atoms with Crippen LogP contribution in [-0.2, 0) is 16.1 Å². The summed E-state index contributed by atoms with van der Waals surface area (Å²) >= 11 is 11.4. The van der Waals surface area contributed by atoms with Crippen molar-refractivity contribution in [3.8, 4) is 0 Å². The molecule has 1 aromatic rings. The summed E-state index contributed by atoms with van der Waals surface area (Å²) in [6.07, 6.45) is 0. The van der Waals surface area contributed by atoms with Crippen LogP contribution in [-0.4, -0.2) is 17.5 Å². The fourth-order valence-corrected chi connectivity index (χ4v) is 1.50. The van der Waals surface area contributed by atoms with Crippen molar-refractivity contribution in [2.75, 3.05) is 6.54 Å². The van der Waals surface area contributed by atoms with E-state index in [-0.39, 0.29) is 47.8 Å². The van der Waals surface area contributed by atoms with Gasteiger partial charge in [0.15, 0.2) is 0 Å². The number of carbonyl (C=O) groups is 1. The van der Waals surface area contributed by atoms with Gasteiger partial charge in [-0.3, -0.25) is 4.79 Å². The number of nitrogens with zero attached hydrogens (tertiary/aromatic N) is 1. The van der Waals surface area contributed by atoms with Crippen LogP contribution in [0.15, 0.2) is 12.1 Å². The highest BCUT2D eigenvalue weighted by atomic mass is 35.5. The Labute approximate surface area is 116 Å². The molecule has 96 valence electrons. The van der Waals surface area contributed by atoms with Gasteiger partial charge in [-0.1, -0.05) is 30.1 Å². The molecule has 17 heavy (non-hydrogen) atoms. The van der Waals surface area contributed by atoms with Crippen molar-refractivity contribution in [2.45, 2.75) is 13.5 Å². The second kappa shape index (κ2) is 7.71. The Balaban J connectivity index is 0.00000256. The molecule has 1 atom stereocenters. The predicted molar refractivity (Wildman–Crippen MR) is 69.5 cm³/mol. The van der Waals surface area contributed by atoms with Crippen molar-refractivity contribution < 1.29 is 9.53 Å². The van der Waals surface area contributed by atoms with Crippen LogP contribution in [0.1, 0.15) is 12.5 Å². The third kappa shape index (κ3) is 5.55. The lowest BCUT2D eigenvalue weighted by molar-refractivity contribution is -0.148. The molecule has 0 aliphatic carbocycles. The highest BCUT2D eigenvalue weighted by Crippen LogP contribution is 2.15. The lowest BCUT2D eigenvalue weighted by atomic mass is 10.2. The van der Waals surface area contributed by atoms with Crippen LogP contribution >= 0.6 is 35.6 Å². The molecule has 0 radical (unpaired) electrons. The summed E-state index contributed by atoms with van der Waals surface area (Å²) in [5.74, 6) is -0.653. The summed E-state index contributed by atoms with van der Waals surface area (Å²) < 4.78 is 5.03. The maximum absolute atomic E-state index is 11.3. The molecule has 1 rings (SSSR count). The summed E-state index contributed by atoms with van der Waals surface area (Å²) in [7, 11) is 0. The van der Waals surface area contributed by atoms with Crippen LogP contribution in [0.5, 0.6) is 0 Å². The molecular formula is C10H13Cl3N2O2. The van der Waals surface area contributed by atoms with Gasteiger partial charge in [-0.25, -0.2) is 4.98 Å². The molecule has 0 amide bonds. The van der Waals surface area contributed by atoms with Crippen LogP contribution in [0.2, 0.25) is 10.3 Å². The Morgan fingerprint density at radius 1 is 1.47 bits per heavy atom. The normalized spacial score (nSPS) is 11.5. The second-order valence-corrected chi connectivity index (χ2v) is 4.14. The fourth-order valence-electron chi connectivity index (χ4n) is 0.990. The maximum Gasteiger partial charge on any atom is 0.310 e. The molecule has 0 saturated heterocycles. The van der Waals surface area contributed by atoms with E-state index in [0.29, 0.717) is 5.56 Å². The van der Waals surface area contributed by atoms with Crippen LogP contribution in [0, 0.1) is 5.92 Å². The molecule has 1 heterocycles. The number of aromatic nitrogens is 1. The van der Waals surface area contributed by atoms with E-state index in [1.165, 1.54) is 0 Å². The van der Waals surface area contributed by atoms with E-state index in [2.05, 4.69) is 4.98 Å². The molecule has 4 nitrogen and oxygen atoms in total. The number of hydrogen-bond acceptors (Lipinski definition) is 4. The van der Waals surface area contributed by atoms with E-state index in [9.17, 15) is 4.79 Å². The average molecular weight is 300 g/mol. The molecule has 0 fully saturated rings. The largest absolute Gasteiger partial charge is 0.461 e. The molecule has 0 aliphatic rings. The van der Waals surface area contributed by atoms with Gasteiger partial charge in [-0.15, -0.1) is 12.4 Å². The topological polar surface area (TPSA) is 65.2 Å². The predicted octanol–water partition coefficient (Wildman–Crippen LogP) is 2.45. The highest BCUT2D eigenvalue weighted by molar-refractivity contribution is 6.32. The SMILES string of the molecule is C[C@H](CN)C(=O)OCc1cc(Cl)nc(Cl)c1.Cl. The van der Waals surface area contributed by atoms with E-state index in [4.69, 9.17) is 33.7 Å². The molecule has 0 unspecified atom stereocenters. The van der Waals surface area contributed by atoms with Crippen molar-refractivity contribution in [1.82, 2.24) is 4.98 Å². The minimum atomic E-state index is -0.341. The molecule has 2 N–H and O–H groups in total. The molecule has 0 bridgehead atoms. The van der Waals surface area contributed by atoms with Gasteiger partial charge >= 0.3 is 5.97 Å². The number of nitrogens with two attached hydrogens (primary N) is 1. The van der Waals surface area contributed by atoms with E-state index >= 15 is 0 Å². The number of esters is 1. The first-order valence-corrected chi connectivity index (χ1v) is 5.47. The van der Waals surface area contributed by atoms with Crippen molar-refractivity contribution in [2.24, 2.45) is 11.7 Å². The summed E-state index contributed by atoms with van der Waals surface area (Å²) in [5.41, 5.74) is 6.03. The number of halogens is 3. The monoisotopic (exact) mass is 298 g/mol. The molecule has 1 aromatic heterocycles. The van der Waals surface area contributed by atoms with Crippen molar-refractivity contribution in [1.29, 1.82) is 0 Å². The van der Waals surface area contributed by atoms with Gasteiger partial charge in [0, 0.05) is 6.54 Å². The minimum Gasteiger partial charge on any atom is -0.461 e. The molecule has 7 heteroatoms. The van der Waals surface area contributed by atoms with Gasteiger partial charge < -0.3 is 10.5 Å². The first-order chi connectivity index (χ1) is 7.52. The molecule has 0 aromatic carbocycles. The summed E-state index contributed by atoms with van der Waals surface area (Å²) in [5, 5.41) is 0.538. The first-order valence-electron chi connectivity index (χ1n) is 4.71. The fraction of sp³-hybridized carbons (Fsp3) is 0.400. The van der Waals surface area contributed by atoms with Crippen molar-refractivity contribution >= 4 is 41.6 Å². The molecule has 0 saturated carbocycles. The second-order valence-electron chi connectivity index (χ2n) is 3.37. The Morgan fingerprint density at radius 3 is 2.47 bits per heavy atom. The van der Waals surface area contributed by atoms with Crippen LogP contribution < -0.4 is 5.73 Å². The van der Waals surface area contributed by atoms with Crippen molar-refractivity contribution in [3.63, 3.8) is 0 Å².